The van der Waals surface area contributed by atoms with Crippen LogP contribution in [0.2, 0.25) is 0 Å². The molecule has 0 radical (unpaired) electrons. The number of carboxylic acids is 1. The first-order valence-corrected chi connectivity index (χ1v) is 14.1. The number of nitrogens with zero attached hydrogens (tertiary/aromatic N) is 2. The summed E-state index contributed by atoms with van der Waals surface area (Å²) in [4.78, 5) is 43.8. The summed E-state index contributed by atoms with van der Waals surface area (Å²) >= 11 is 1.19. The Balaban J connectivity index is 1.72. The molecule has 0 amide bonds. The number of fused-ring (bicyclic) bond motifs is 1. The van der Waals surface area contributed by atoms with Gasteiger partial charge in [0.15, 0.2) is 22.9 Å². The van der Waals surface area contributed by atoms with E-state index in [9.17, 15) is 14.4 Å². The van der Waals surface area contributed by atoms with Crippen molar-refractivity contribution in [1.82, 2.24) is 4.57 Å². The van der Waals surface area contributed by atoms with Crippen molar-refractivity contribution in [1.29, 1.82) is 0 Å². The molecule has 1 aliphatic rings. The molecular weight excluding hydrogens is 572 g/mol. The van der Waals surface area contributed by atoms with Crippen molar-refractivity contribution in [2.45, 2.75) is 13.0 Å². The molecule has 1 aromatic heterocycles. The van der Waals surface area contributed by atoms with E-state index in [0.29, 0.717) is 43.2 Å². The van der Waals surface area contributed by atoms with Crippen molar-refractivity contribution >= 4 is 35.0 Å². The summed E-state index contributed by atoms with van der Waals surface area (Å²) in [5, 5.41) is 8.95. The van der Waals surface area contributed by atoms with Gasteiger partial charge in [0, 0.05) is 5.56 Å². The molecule has 0 spiro atoms. The SMILES string of the molecule is CCOC(=O)C1=C(c2ccccc2)N=c2s/c(=C/c3ccc(OCC(=O)O)c(OC)c3)c(=O)n2[C@H]1c1ccc(OC)cc1. The molecule has 0 fully saturated rings. The molecule has 2 heterocycles. The van der Waals surface area contributed by atoms with Crippen molar-refractivity contribution in [3.05, 3.63) is 115 Å². The largest absolute Gasteiger partial charge is 0.497 e. The topological polar surface area (TPSA) is 126 Å². The van der Waals surface area contributed by atoms with Gasteiger partial charge in [-0.2, -0.15) is 0 Å². The molecule has 3 aromatic carbocycles. The highest BCUT2D eigenvalue weighted by molar-refractivity contribution is 7.07. The number of aromatic nitrogens is 1. The van der Waals surface area contributed by atoms with Crippen LogP contribution in [-0.2, 0) is 14.3 Å². The summed E-state index contributed by atoms with van der Waals surface area (Å²) in [6.45, 7) is 1.36. The summed E-state index contributed by atoms with van der Waals surface area (Å²) in [5.41, 5.74) is 2.35. The zero-order chi connectivity index (χ0) is 30.5. The second kappa shape index (κ2) is 12.8. The molecule has 43 heavy (non-hydrogen) atoms. The van der Waals surface area contributed by atoms with E-state index in [2.05, 4.69) is 0 Å². The van der Waals surface area contributed by atoms with E-state index in [0.717, 1.165) is 0 Å². The number of carbonyl (C=O) groups excluding carboxylic acids is 1. The number of ether oxygens (including phenoxy) is 4. The van der Waals surface area contributed by atoms with Gasteiger partial charge in [-0.3, -0.25) is 9.36 Å². The molecule has 1 atom stereocenters. The van der Waals surface area contributed by atoms with Gasteiger partial charge in [0.1, 0.15) is 5.75 Å². The highest BCUT2D eigenvalue weighted by atomic mass is 32.1. The van der Waals surface area contributed by atoms with Gasteiger partial charge in [-0.1, -0.05) is 59.9 Å². The van der Waals surface area contributed by atoms with Gasteiger partial charge in [0.2, 0.25) is 0 Å². The minimum absolute atomic E-state index is 0.151. The van der Waals surface area contributed by atoms with Crippen LogP contribution in [0.4, 0.5) is 0 Å². The highest BCUT2D eigenvalue weighted by Gasteiger charge is 2.35. The lowest BCUT2D eigenvalue weighted by Crippen LogP contribution is -2.40. The van der Waals surface area contributed by atoms with E-state index in [1.165, 1.54) is 23.0 Å². The second-order valence-corrected chi connectivity index (χ2v) is 10.3. The Morgan fingerprint density at radius 3 is 2.40 bits per heavy atom. The van der Waals surface area contributed by atoms with Gasteiger partial charge in [0.05, 0.1) is 42.7 Å². The second-order valence-electron chi connectivity index (χ2n) is 9.30. The van der Waals surface area contributed by atoms with E-state index in [1.807, 2.05) is 42.5 Å². The van der Waals surface area contributed by atoms with Gasteiger partial charge in [-0.25, -0.2) is 14.6 Å². The smallest absolute Gasteiger partial charge is 0.341 e. The van der Waals surface area contributed by atoms with Crippen LogP contribution in [0.1, 0.15) is 29.7 Å². The highest BCUT2D eigenvalue weighted by Crippen LogP contribution is 2.36. The zero-order valence-corrected chi connectivity index (χ0v) is 24.4. The molecule has 11 heteroatoms. The van der Waals surface area contributed by atoms with Gasteiger partial charge in [-0.15, -0.1) is 0 Å². The van der Waals surface area contributed by atoms with Crippen molar-refractivity contribution in [2.24, 2.45) is 4.99 Å². The minimum Gasteiger partial charge on any atom is -0.497 e. The molecule has 1 aliphatic heterocycles. The Hall–Kier alpha value is -5.16. The maximum Gasteiger partial charge on any atom is 0.341 e. The van der Waals surface area contributed by atoms with E-state index in [-0.39, 0.29) is 23.5 Å². The van der Waals surface area contributed by atoms with Crippen molar-refractivity contribution in [3.63, 3.8) is 0 Å². The lowest BCUT2D eigenvalue weighted by molar-refractivity contribution is -0.140. The summed E-state index contributed by atoms with van der Waals surface area (Å²) in [6, 6.07) is 20.6. The van der Waals surface area contributed by atoms with Crippen molar-refractivity contribution in [2.75, 3.05) is 27.4 Å². The molecule has 4 aromatic rings. The number of thiazole rings is 1. The van der Waals surface area contributed by atoms with Gasteiger partial charge < -0.3 is 24.1 Å². The minimum atomic E-state index is -1.12. The lowest BCUT2D eigenvalue weighted by atomic mass is 9.93. The molecular formula is C32H28N2O8S. The molecule has 5 rings (SSSR count). The van der Waals surface area contributed by atoms with Crippen LogP contribution in [0.25, 0.3) is 11.8 Å². The number of rotatable bonds is 10. The quantitative estimate of drug-likeness (QED) is 0.275. The lowest BCUT2D eigenvalue weighted by Gasteiger charge is -2.26. The fraction of sp³-hybridized carbons (Fsp3) is 0.188. The first-order valence-electron chi connectivity index (χ1n) is 13.3. The van der Waals surface area contributed by atoms with Gasteiger partial charge in [-0.05, 0) is 48.4 Å². The first kappa shape index (κ1) is 29.3. The van der Waals surface area contributed by atoms with Crippen LogP contribution >= 0.6 is 11.3 Å². The fourth-order valence-electron chi connectivity index (χ4n) is 4.73. The summed E-state index contributed by atoms with van der Waals surface area (Å²) in [5.74, 6) is -0.479. The molecule has 0 aliphatic carbocycles. The number of methoxy groups -OCH3 is 2. The Morgan fingerprint density at radius 1 is 1.00 bits per heavy atom. The number of aliphatic carboxylic acids is 1. The summed E-state index contributed by atoms with van der Waals surface area (Å²) in [6.07, 6.45) is 1.69. The van der Waals surface area contributed by atoms with Crippen LogP contribution in [0.5, 0.6) is 17.2 Å². The monoisotopic (exact) mass is 600 g/mol. The predicted molar refractivity (Wildman–Crippen MR) is 160 cm³/mol. The summed E-state index contributed by atoms with van der Waals surface area (Å²) in [7, 11) is 3.01. The Bertz CT molecular complexity index is 1880. The molecule has 0 saturated carbocycles. The molecule has 220 valence electrons. The van der Waals surface area contributed by atoms with E-state index < -0.39 is 24.6 Å². The Morgan fingerprint density at radius 2 is 1.74 bits per heavy atom. The number of esters is 1. The number of benzene rings is 3. The summed E-state index contributed by atoms with van der Waals surface area (Å²) < 4.78 is 23.4. The average molecular weight is 601 g/mol. The van der Waals surface area contributed by atoms with Crippen LogP contribution in [-0.4, -0.2) is 49.0 Å². The Kier molecular flexibility index (Phi) is 8.72. The van der Waals surface area contributed by atoms with Crippen LogP contribution in [0.15, 0.2) is 88.2 Å². The van der Waals surface area contributed by atoms with Crippen molar-refractivity contribution in [3.8, 4) is 17.2 Å². The molecule has 0 saturated heterocycles. The van der Waals surface area contributed by atoms with Crippen molar-refractivity contribution < 1.29 is 33.6 Å². The molecule has 0 unspecified atom stereocenters. The molecule has 10 nitrogen and oxygen atoms in total. The van der Waals surface area contributed by atoms with Crippen LogP contribution < -0.4 is 29.1 Å². The molecule has 0 bridgehead atoms. The fourth-order valence-corrected chi connectivity index (χ4v) is 5.73. The maximum atomic E-state index is 14.1. The number of hydrogen-bond donors (Lipinski definition) is 1. The van der Waals surface area contributed by atoms with E-state index >= 15 is 0 Å². The third-order valence-corrected chi connectivity index (χ3v) is 7.62. The third-order valence-electron chi connectivity index (χ3n) is 6.64. The van der Waals surface area contributed by atoms with E-state index in [1.54, 1.807) is 50.4 Å². The average Bonchev–Trinajstić information content (AvgIpc) is 3.34. The van der Waals surface area contributed by atoms with Gasteiger partial charge >= 0.3 is 11.9 Å². The normalized spacial score (nSPS) is 14.5. The van der Waals surface area contributed by atoms with Gasteiger partial charge in [0.25, 0.3) is 5.56 Å². The maximum absolute atomic E-state index is 14.1. The van der Waals surface area contributed by atoms with E-state index in [4.69, 9.17) is 29.0 Å². The number of carboxylic acid groups (broad SMARTS) is 1. The first-order chi connectivity index (χ1) is 20.8. The molecule has 1 N–H and O–H groups in total. The van der Waals surface area contributed by atoms with Crippen LogP contribution in [0, 0.1) is 0 Å². The zero-order valence-electron chi connectivity index (χ0n) is 23.6. The van der Waals surface area contributed by atoms with Crippen LogP contribution in [0.3, 0.4) is 0 Å². The predicted octanol–water partition coefficient (Wildman–Crippen LogP) is 3.42. The standard InChI is InChI=1S/C32H28N2O8S/c1-4-41-31(38)27-28(20-8-6-5-7-9-20)33-32-34(29(27)21-11-13-22(39-2)14-12-21)30(37)25(43-32)17-19-10-15-23(24(16-19)40-3)42-18-26(35)36/h5-17,29H,4,18H2,1-3H3,(H,35,36)/b25-17+/t29-/m0/s1. The number of carbonyl (C=O) groups is 2. The third kappa shape index (κ3) is 6.07. The Labute approximate surface area is 250 Å². The number of hydrogen-bond acceptors (Lipinski definition) is 9.